The van der Waals surface area contributed by atoms with Gasteiger partial charge in [0.25, 0.3) is 0 Å². The van der Waals surface area contributed by atoms with Gasteiger partial charge in [-0.25, -0.2) is 0 Å². The standard InChI is InChI=1S/BH3O3.Cd.Li.Tb.H/c2-1(3)4;;;;/h2-4H;;;;/q;;+1;;-1. The Labute approximate surface area is 107 Å². The van der Waals surface area contributed by atoms with E-state index in [2.05, 4.69) is 0 Å². The first-order valence-electron chi connectivity index (χ1n) is 0.775. The summed E-state index contributed by atoms with van der Waals surface area (Å²) in [5.74, 6) is 0. The molecule has 3 N–H and O–H groups in total. The molecule has 0 bridgehead atoms. The normalized spacial score (nSPS) is 3.86. The van der Waals surface area contributed by atoms with Gasteiger partial charge in [0.05, 0.1) is 0 Å². The van der Waals surface area contributed by atoms with Crippen LogP contribution in [0.15, 0.2) is 0 Å². The van der Waals surface area contributed by atoms with Crippen molar-refractivity contribution >= 4 is 7.32 Å². The average Bonchev–Trinajstić information content (AvgIpc) is 0.811. The third-order valence-corrected chi connectivity index (χ3v) is 0. The molecule has 0 amide bonds. The first-order valence-corrected chi connectivity index (χ1v) is 0.775. The molecule has 0 aliphatic heterocycles. The first kappa shape index (κ1) is 22.6. The smallest absolute Gasteiger partial charge is 1.00 e. The predicted octanol–water partition coefficient (Wildman–Crippen LogP) is -4.94. The minimum atomic E-state index is -2.17. The molecule has 0 unspecified atom stereocenters. The average molecular weight is 341 g/mol. The summed E-state index contributed by atoms with van der Waals surface area (Å²) in [6.07, 6.45) is 0. The van der Waals surface area contributed by atoms with Crippen LogP contribution >= 0.6 is 0 Å². The molecule has 0 aromatic heterocycles. The van der Waals surface area contributed by atoms with Crippen LogP contribution in [-0.4, -0.2) is 22.4 Å². The molecule has 0 aromatic carbocycles. The Bertz CT molecular complexity index is 24.0. The summed E-state index contributed by atoms with van der Waals surface area (Å²) >= 11 is 0. The number of hydrogen-bond donors (Lipinski definition) is 3. The topological polar surface area (TPSA) is 60.7 Å². The van der Waals surface area contributed by atoms with Crippen molar-refractivity contribution in [2.45, 2.75) is 0 Å². The van der Waals surface area contributed by atoms with Crippen molar-refractivity contribution in [2.24, 2.45) is 0 Å². The molecule has 0 saturated heterocycles. The van der Waals surface area contributed by atoms with Crippen molar-refractivity contribution in [3.05, 3.63) is 0 Å². The van der Waals surface area contributed by atoms with E-state index in [1.54, 1.807) is 0 Å². The van der Waals surface area contributed by atoms with Crippen molar-refractivity contribution < 1.29 is 101 Å². The summed E-state index contributed by atoms with van der Waals surface area (Å²) in [6, 6.07) is 0. The van der Waals surface area contributed by atoms with Crippen molar-refractivity contribution in [2.75, 3.05) is 0 Å². The quantitative estimate of drug-likeness (QED) is 0.387. The van der Waals surface area contributed by atoms with E-state index in [1.807, 2.05) is 0 Å². The summed E-state index contributed by atoms with van der Waals surface area (Å²) in [4.78, 5) is 0. The molecule has 0 aromatic rings. The molecule has 37 valence electrons. The van der Waals surface area contributed by atoms with E-state index in [4.69, 9.17) is 15.1 Å². The van der Waals surface area contributed by atoms with E-state index < -0.39 is 7.32 Å². The van der Waals surface area contributed by atoms with Crippen LogP contribution in [0, 0.1) is 38.6 Å². The van der Waals surface area contributed by atoms with Gasteiger partial charge in [-0.3, -0.25) is 0 Å². The van der Waals surface area contributed by atoms with Crippen LogP contribution in [0.4, 0.5) is 0 Å². The molecule has 0 aliphatic rings. The molecule has 0 saturated carbocycles. The first-order chi connectivity index (χ1) is 1.73. The second kappa shape index (κ2) is 15.9. The van der Waals surface area contributed by atoms with Crippen LogP contribution in [0.3, 0.4) is 0 Å². The molecular formula is H4BCdLiO3Tb. The maximum Gasteiger partial charge on any atom is 1.00 e. The van der Waals surface area contributed by atoms with Crippen LogP contribution in [-0.2, 0) is 27.3 Å². The number of rotatable bonds is 0. The third kappa shape index (κ3) is 52.7. The van der Waals surface area contributed by atoms with Crippen molar-refractivity contribution in [3.63, 3.8) is 0 Å². The van der Waals surface area contributed by atoms with Gasteiger partial charge in [0.1, 0.15) is 0 Å². The van der Waals surface area contributed by atoms with Gasteiger partial charge in [0.2, 0.25) is 0 Å². The molecule has 0 rings (SSSR count). The van der Waals surface area contributed by atoms with E-state index in [0.717, 1.165) is 0 Å². The Balaban J connectivity index is -0.00000000750. The number of hydrogen-bond acceptors (Lipinski definition) is 3. The molecule has 0 aliphatic carbocycles. The Hall–Kier alpha value is 2.75. The Morgan fingerprint density at radius 3 is 1.14 bits per heavy atom. The van der Waals surface area contributed by atoms with Crippen LogP contribution in [0.1, 0.15) is 1.43 Å². The zero-order chi connectivity index (χ0) is 3.58. The van der Waals surface area contributed by atoms with Gasteiger partial charge in [-0.05, 0) is 0 Å². The molecular weight excluding hydrogens is 337 g/mol. The van der Waals surface area contributed by atoms with E-state index in [9.17, 15) is 0 Å². The van der Waals surface area contributed by atoms with Gasteiger partial charge in [-0.15, -0.1) is 0 Å². The van der Waals surface area contributed by atoms with Crippen LogP contribution in [0.5, 0.6) is 0 Å². The largest absolute Gasteiger partial charge is 1.00 e. The van der Waals surface area contributed by atoms with Gasteiger partial charge in [0.15, 0.2) is 0 Å². The van der Waals surface area contributed by atoms with E-state index in [1.165, 1.54) is 0 Å². The van der Waals surface area contributed by atoms with Crippen molar-refractivity contribution in [1.29, 1.82) is 0 Å². The van der Waals surface area contributed by atoms with Gasteiger partial charge in [0, 0.05) is 65.9 Å². The fourth-order valence-electron chi connectivity index (χ4n) is 0. The van der Waals surface area contributed by atoms with Crippen LogP contribution < -0.4 is 18.9 Å². The van der Waals surface area contributed by atoms with Crippen molar-refractivity contribution in [1.82, 2.24) is 0 Å². The minimum Gasteiger partial charge on any atom is -1.00 e. The fourth-order valence-corrected chi connectivity index (χ4v) is 0. The van der Waals surface area contributed by atoms with Gasteiger partial charge in [-0.2, -0.15) is 0 Å². The van der Waals surface area contributed by atoms with Crippen LogP contribution in [0.2, 0.25) is 0 Å². The van der Waals surface area contributed by atoms with E-state index in [0.29, 0.717) is 0 Å². The molecule has 0 atom stereocenters. The summed E-state index contributed by atoms with van der Waals surface area (Å²) in [7, 11) is -2.17. The van der Waals surface area contributed by atoms with Gasteiger partial charge >= 0.3 is 26.2 Å². The maximum absolute atomic E-state index is 7.17. The maximum atomic E-state index is 7.17. The minimum absolute atomic E-state index is 0. The summed E-state index contributed by atoms with van der Waals surface area (Å²) in [5.41, 5.74) is 0. The molecule has 1 radical (unpaired) electrons. The second-order valence-corrected chi connectivity index (χ2v) is 0.346. The molecule has 0 heterocycles. The molecule has 0 spiro atoms. The molecule has 0 fully saturated rings. The van der Waals surface area contributed by atoms with E-state index >= 15 is 0 Å². The summed E-state index contributed by atoms with van der Waals surface area (Å²) in [6.45, 7) is 0. The van der Waals surface area contributed by atoms with Crippen molar-refractivity contribution in [3.8, 4) is 0 Å². The fraction of sp³-hybridized carbons (Fsp3) is 0. The zero-order valence-electron chi connectivity index (χ0n) is 4.96. The van der Waals surface area contributed by atoms with Gasteiger partial charge < -0.3 is 16.5 Å². The summed E-state index contributed by atoms with van der Waals surface area (Å²) in [5, 5.41) is 21.5. The Morgan fingerprint density at radius 2 is 1.14 bits per heavy atom. The zero-order valence-corrected chi connectivity index (χ0v) is 10.1. The van der Waals surface area contributed by atoms with Crippen LogP contribution in [0.25, 0.3) is 0 Å². The predicted molar refractivity (Wildman–Crippen MR) is 13.5 cm³/mol. The molecule has 7 heavy (non-hydrogen) atoms. The molecule has 7 heteroatoms. The monoisotopic (exact) mass is 343 g/mol. The SMILES string of the molecule is OB(O)O.[Cd].[H-].[Li+].[Tb]. The van der Waals surface area contributed by atoms with E-state index in [-0.39, 0.29) is 86.2 Å². The summed E-state index contributed by atoms with van der Waals surface area (Å²) < 4.78 is 0. The Morgan fingerprint density at radius 1 is 1.14 bits per heavy atom. The Kier molecular flexibility index (Phi) is 51.3. The van der Waals surface area contributed by atoms with Gasteiger partial charge in [-0.1, -0.05) is 0 Å². The molecule has 3 nitrogen and oxygen atoms in total. The third-order valence-electron chi connectivity index (χ3n) is 0. The second-order valence-electron chi connectivity index (χ2n) is 0.346.